The third-order valence-electron chi connectivity index (χ3n) is 7.51. The molecule has 0 atom stereocenters. The molecule has 0 fully saturated rings. The van der Waals surface area contributed by atoms with Crippen LogP contribution in [0.15, 0.2) is 108 Å². The molecular weight excluding hydrogens is 440 g/mol. The highest BCUT2D eigenvalue weighted by Crippen LogP contribution is 2.44. The Kier molecular flexibility index (Phi) is 4.69. The number of hydrogen-bond donors (Lipinski definition) is 2. The Morgan fingerprint density at radius 3 is 2.06 bits per heavy atom. The van der Waals surface area contributed by atoms with E-state index in [9.17, 15) is 0 Å². The van der Waals surface area contributed by atoms with E-state index in [0.29, 0.717) is 5.84 Å². The molecule has 0 saturated carbocycles. The third-order valence-corrected chi connectivity index (χ3v) is 7.51. The summed E-state index contributed by atoms with van der Waals surface area (Å²) in [6.07, 6.45) is 6.02. The molecule has 0 unspecified atom stereocenters. The van der Waals surface area contributed by atoms with Crippen molar-refractivity contribution in [3.8, 4) is 0 Å². The van der Waals surface area contributed by atoms with Gasteiger partial charge < -0.3 is 16.0 Å². The highest BCUT2D eigenvalue weighted by Gasteiger charge is 2.21. The zero-order chi connectivity index (χ0) is 24.2. The van der Waals surface area contributed by atoms with Gasteiger partial charge in [-0.15, -0.1) is 0 Å². The molecule has 0 saturated heterocycles. The minimum absolute atomic E-state index is 0.207. The Morgan fingerprint density at radius 2 is 1.36 bits per heavy atom. The van der Waals surface area contributed by atoms with Crippen molar-refractivity contribution in [2.45, 2.75) is 12.8 Å². The van der Waals surface area contributed by atoms with Gasteiger partial charge in [-0.1, -0.05) is 78.9 Å². The van der Waals surface area contributed by atoms with Crippen LogP contribution in [-0.4, -0.2) is 17.1 Å². The molecule has 1 aromatic heterocycles. The van der Waals surface area contributed by atoms with Gasteiger partial charge in [0.05, 0.1) is 17.7 Å². The summed E-state index contributed by atoms with van der Waals surface area (Å²) in [5.41, 5.74) is 16.6. The Labute approximate surface area is 208 Å². The molecule has 0 radical (unpaired) electrons. The first-order valence-corrected chi connectivity index (χ1v) is 12.4. The predicted octanol–water partition coefficient (Wildman–Crippen LogP) is 7.09. The average Bonchev–Trinajstić information content (AvgIpc) is 3.26. The summed E-state index contributed by atoms with van der Waals surface area (Å²) in [4.78, 5) is 4.21. The van der Waals surface area contributed by atoms with E-state index < -0.39 is 0 Å². The van der Waals surface area contributed by atoms with E-state index in [1.807, 2.05) is 0 Å². The van der Waals surface area contributed by atoms with E-state index in [0.717, 1.165) is 18.4 Å². The zero-order valence-corrected chi connectivity index (χ0v) is 19.9. The lowest BCUT2D eigenvalue weighted by atomic mass is 9.96. The van der Waals surface area contributed by atoms with Crippen molar-refractivity contribution in [2.75, 3.05) is 6.67 Å². The number of aliphatic imine (C=N–C) groups is 1. The van der Waals surface area contributed by atoms with Crippen molar-refractivity contribution in [2.24, 2.45) is 16.5 Å². The number of aromatic nitrogens is 1. The normalized spacial score (nSPS) is 14.8. The van der Waals surface area contributed by atoms with Crippen LogP contribution in [-0.2, 0) is 0 Å². The summed E-state index contributed by atoms with van der Waals surface area (Å²) in [6.45, 7) is 0.207. The standard InChI is InChI=1S/C32H26N4/c33-19-35-32(34)20-13-15-23(16-14-20)36-29-18-22-8-2-1-7-21(22)17-28(29)30-26-11-5-3-9-24(26)25-10-4-6-12-27(25)31(30)36/h1-13,15,17-18H,14,16,19,33H2,(H2,34,35). The van der Waals surface area contributed by atoms with E-state index in [-0.39, 0.29) is 6.67 Å². The fourth-order valence-electron chi connectivity index (χ4n) is 5.89. The number of amidine groups is 1. The summed E-state index contributed by atoms with van der Waals surface area (Å²) in [5.74, 6) is 0.539. The lowest BCUT2D eigenvalue weighted by Gasteiger charge is -2.19. The van der Waals surface area contributed by atoms with Gasteiger partial charge in [0, 0.05) is 21.9 Å². The van der Waals surface area contributed by atoms with Gasteiger partial charge in [-0.05, 0) is 63.6 Å². The van der Waals surface area contributed by atoms with Crippen LogP contribution >= 0.6 is 0 Å². The second kappa shape index (κ2) is 8.08. The molecule has 4 nitrogen and oxygen atoms in total. The zero-order valence-electron chi connectivity index (χ0n) is 19.9. The van der Waals surface area contributed by atoms with E-state index in [1.54, 1.807) is 0 Å². The largest absolute Gasteiger partial charge is 0.384 e. The Balaban J connectivity index is 1.67. The smallest absolute Gasteiger partial charge is 0.122 e. The molecular formula is C32H26N4. The first-order valence-electron chi connectivity index (χ1n) is 12.4. The van der Waals surface area contributed by atoms with E-state index in [1.165, 1.54) is 59.8 Å². The van der Waals surface area contributed by atoms with Gasteiger partial charge in [-0.3, -0.25) is 4.99 Å². The molecule has 174 valence electrons. The highest BCUT2D eigenvalue weighted by atomic mass is 15.0. The van der Waals surface area contributed by atoms with Crippen molar-refractivity contribution in [1.29, 1.82) is 0 Å². The molecule has 6 aromatic rings. The van der Waals surface area contributed by atoms with Crippen LogP contribution < -0.4 is 11.5 Å². The SMILES string of the molecule is NC/N=C(\N)C1=CC=C(n2c3cc4ccccc4cc3c3c4ccccc4c4ccccc4c32)CC1. The van der Waals surface area contributed by atoms with Crippen LogP contribution in [0, 0.1) is 0 Å². The highest BCUT2D eigenvalue weighted by molar-refractivity contribution is 6.33. The van der Waals surface area contributed by atoms with Gasteiger partial charge in [0.1, 0.15) is 5.84 Å². The Morgan fingerprint density at radius 1 is 0.722 bits per heavy atom. The molecule has 0 bridgehead atoms. The third kappa shape index (κ3) is 3.01. The van der Waals surface area contributed by atoms with Gasteiger partial charge in [-0.2, -0.15) is 0 Å². The second-order valence-corrected chi connectivity index (χ2v) is 9.44. The number of nitrogens with zero attached hydrogens (tertiary/aromatic N) is 2. The molecule has 0 aliphatic heterocycles. The minimum Gasteiger partial charge on any atom is -0.384 e. The van der Waals surface area contributed by atoms with Crippen LogP contribution in [0.1, 0.15) is 12.8 Å². The molecule has 0 spiro atoms. The molecule has 4 N–H and O–H groups in total. The molecule has 7 rings (SSSR count). The van der Waals surface area contributed by atoms with Crippen LogP contribution in [0.2, 0.25) is 0 Å². The topological polar surface area (TPSA) is 69.3 Å². The van der Waals surface area contributed by atoms with Crippen molar-refractivity contribution < 1.29 is 0 Å². The lowest BCUT2D eigenvalue weighted by Crippen LogP contribution is -2.18. The number of hydrogen-bond acceptors (Lipinski definition) is 2. The molecule has 0 amide bonds. The second-order valence-electron chi connectivity index (χ2n) is 9.44. The molecule has 5 aromatic carbocycles. The van der Waals surface area contributed by atoms with Gasteiger partial charge in [-0.25, -0.2) is 0 Å². The monoisotopic (exact) mass is 466 g/mol. The fraction of sp³-hybridized carbons (Fsp3) is 0.0938. The van der Waals surface area contributed by atoms with Crippen LogP contribution in [0.25, 0.3) is 59.8 Å². The molecule has 1 aliphatic carbocycles. The Hall–Kier alpha value is -4.41. The minimum atomic E-state index is 0.207. The van der Waals surface area contributed by atoms with Gasteiger partial charge in [0.25, 0.3) is 0 Å². The maximum atomic E-state index is 6.17. The summed E-state index contributed by atoms with van der Waals surface area (Å²) in [5, 5.41) is 10.2. The molecule has 1 heterocycles. The van der Waals surface area contributed by atoms with Crippen LogP contribution in [0.4, 0.5) is 0 Å². The number of benzene rings is 5. The first kappa shape index (κ1) is 20.9. The van der Waals surface area contributed by atoms with Gasteiger partial charge in [0.2, 0.25) is 0 Å². The first-order chi connectivity index (χ1) is 17.7. The summed E-state index contributed by atoms with van der Waals surface area (Å²) < 4.78 is 2.48. The summed E-state index contributed by atoms with van der Waals surface area (Å²) >= 11 is 0. The van der Waals surface area contributed by atoms with Crippen molar-refractivity contribution in [3.63, 3.8) is 0 Å². The predicted molar refractivity (Wildman–Crippen MR) is 154 cm³/mol. The van der Waals surface area contributed by atoms with E-state index >= 15 is 0 Å². The lowest BCUT2D eigenvalue weighted by molar-refractivity contribution is 0.950. The van der Waals surface area contributed by atoms with Crippen molar-refractivity contribution >= 4 is 65.7 Å². The van der Waals surface area contributed by atoms with E-state index in [4.69, 9.17) is 11.5 Å². The molecule has 36 heavy (non-hydrogen) atoms. The molecule has 4 heteroatoms. The number of fused-ring (bicyclic) bond motifs is 9. The number of allylic oxidation sites excluding steroid dienone is 3. The maximum absolute atomic E-state index is 6.17. The van der Waals surface area contributed by atoms with Crippen molar-refractivity contribution in [3.05, 3.63) is 103 Å². The average molecular weight is 467 g/mol. The maximum Gasteiger partial charge on any atom is 0.122 e. The summed E-state index contributed by atoms with van der Waals surface area (Å²) in [7, 11) is 0. The Bertz CT molecular complexity index is 1930. The fourth-order valence-corrected chi connectivity index (χ4v) is 5.89. The van der Waals surface area contributed by atoms with Crippen LogP contribution in [0.3, 0.4) is 0 Å². The number of nitrogens with two attached hydrogens (primary N) is 2. The van der Waals surface area contributed by atoms with Crippen molar-refractivity contribution in [1.82, 2.24) is 4.57 Å². The number of rotatable bonds is 3. The molecule has 1 aliphatic rings. The van der Waals surface area contributed by atoms with Gasteiger partial charge in [0.15, 0.2) is 0 Å². The van der Waals surface area contributed by atoms with E-state index in [2.05, 4.69) is 107 Å². The van der Waals surface area contributed by atoms with Gasteiger partial charge >= 0.3 is 0 Å². The quantitative estimate of drug-likeness (QED) is 0.166. The summed E-state index contributed by atoms with van der Waals surface area (Å²) in [6, 6.07) is 30.9. The van der Waals surface area contributed by atoms with Crippen LogP contribution in [0.5, 0.6) is 0 Å².